The topological polar surface area (TPSA) is 58.4 Å². The van der Waals surface area contributed by atoms with Crippen LogP contribution in [0.1, 0.15) is 51.4 Å². The summed E-state index contributed by atoms with van der Waals surface area (Å²) in [6.07, 6.45) is 8.85. The molecule has 1 amide bonds. The highest BCUT2D eigenvalue weighted by molar-refractivity contribution is 5.76. The van der Waals surface area contributed by atoms with Crippen molar-refractivity contribution in [2.45, 2.75) is 62.9 Å². The second-order valence-corrected chi connectivity index (χ2v) is 6.75. The monoisotopic (exact) mass is 267 g/mol. The fourth-order valence-corrected chi connectivity index (χ4v) is 3.48. The first-order chi connectivity index (χ1) is 9.02. The van der Waals surface area contributed by atoms with Gasteiger partial charge in [0.1, 0.15) is 0 Å². The van der Waals surface area contributed by atoms with Crippen LogP contribution in [0.3, 0.4) is 0 Å². The van der Waals surface area contributed by atoms with E-state index in [1.54, 1.807) is 0 Å². The molecule has 0 aliphatic heterocycles. The van der Waals surface area contributed by atoms with Gasteiger partial charge in [-0.3, -0.25) is 4.79 Å². The third kappa shape index (κ3) is 3.69. The molecule has 2 rings (SSSR count). The Balaban J connectivity index is 1.72. The molecule has 0 aromatic heterocycles. The van der Waals surface area contributed by atoms with Crippen molar-refractivity contribution in [2.75, 3.05) is 20.6 Å². The van der Waals surface area contributed by atoms with Crippen LogP contribution in [-0.4, -0.2) is 43.0 Å². The molecular weight excluding hydrogens is 238 g/mol. The zero-order valence-corrected chi connectivity index (χ0v) is 12.5. The van der Waals surface area contributed by atoms with E-state index >= 15 is 0 Å². The minimum atomic E-state index is 0.215. The van der Waals surface area contributed by atoms with Crippen molar-refractivity contribution in [1.29, 1.82) is 0 Å². The van der Waals surface area contributed by atoms with E-state index in [0.29, 0.717) is 18.4 Å². The fraction of sp³-hybridized carbons (Fsp3) is 0.933. The molecule has 4 nitrogen and oxygen atoms in total. The van der Waals surface area contributed by atoms with Crippen molar-refractivity contribution in [1.82, 2.24) is 10.2 Å². The maximum absolute atomic E-state index is 12.1. The Kier molecular flexibility index (Phi) is 4.85. The van der Waals surface area contributed by atoms with Gasteiger partial charge in [0.15, 0.2) is 0 Å². The van der Waals surface area contributed by atoms with Gasteiger partial charge in [-0.25, -0.2) is 0 Å². The molecule has 0 aromatic carbocycles. The molecular formula is C15H29N3O. The first-order valence-electron chi connectivity index (χ1n) is 7.71. The molecule has 2 aliphatic rings. The normalized spacial score (nSPS) is 29.9. The van der Waals surface area contributed by atoms with Gasteiger partial charge in [-0.15, -0.1) is 0 Å². The van der Waals surface area contributed by atoms with Gasteiger partial charge in [-0.05, 0) is 58.5 Å². The number of hydrogen-bond donors (Lipinski definition) is 2. The number of nitrogens with one attached hydrogen (secondary N) is 1. The van der Waals surface area contributed by atoms with Gasteiger partial charge in [0.2, 0.25) is 5.91 Å². The van der Waals surface area contributed by atoms with Crippen LogP contribution >= 0.6 is 0 Å². The van der Waals surface area contributed by atoms with Crippen LogP contribution in [0, 0.1) is 5.92 Å². The Hall–Kier alpha value is -0.610. The summed E-state index contributed by atoms with van der Waals surface area (Å²) >= 11 is 0. The average Bonchev–Trinajstić information content (AvgIpc) is 2.26. The summed E-state index contributed by atoms with van der Waals surface area (Å²) in [7, 11) is 4.23. The van der Waals surface area contributed by atoms with Gasteiger partial charge >= 0.3 is 0 Å². The SMILES string of the molecule is CN(C)C1(CNC(=O)CC2CCCC(N)C2)CCC1. The quantitative estimate of drug-likeness (QED) is 0.793. The first-order valence-corrected chi connectivity index (χ1v) is 7.71. The van der Waals surface area contributed by atoms with Crippen LogP contribution < -0.4 is 11.1 Å². The lowest BCUT2D eigenvalue weighted by Crippen LogP contribution is -2.57. The fourth-order valence-electron chi connectivity index (χ4n) is 3.48. The summed E-state index contributed by atoms with van der Waals surface area (Å²) in [5, 5.41) is 3.15. The van der Waals surface area contributed by atoms with E-state index in [4.69, 9.17) is 5.73 Å². The molecule has 110 valence electrons. The van der Waals surface area contributed by atoms with Crippen molar-refractivity contribution in [2.24, 2.45) is 11.7 Å². The van der Waals surface area contributed by atoms with E-state index in [2.05, 4.69) is 24.3 Å². The first kappa shape index (κ1) is 14.8. The second kappa shape index (κ2) is 6.23. The van der Waals surface area contributed by atoms with E-state index in [0.717, 1.165) is 19.4 Å². The number of amides is 1. The lowest BCUT2D eigenvalue weighted by Gasteiger charge is -2.47. The summed E-state index contributed by atoms with van der Waals surface area (Å²) in [6.45, 7) is 0.803. The number of carbonyl (C=O) groups excluding carboxylic acids is 1. The molecule has 2 unspecified atom stereocenters. The Bertz CT molecular complexity index is 313. The van der Waals surface area contributed by atoms with E-state index in [1.165, 1.54) is 32.1 Å². The van der Waals surface area contributed by atoms with Crippen molar-refractivity contribution in [3.8, 4) is 0 Å². The van der Waals surface area contributed by atoms with Gasteiger partial charge in [0, 0.05) is 24.5 Å². The van der Waals surface area contributed by atoms with Crippen LogP contribution in [0.15, 0.2) is 0 Å². The Morgan fingerprint density at radius 2 is 2.05 bits per heavy atom. The highest BCUT2D eigenvalue weighted by Gasteiger charge is 2.39. The van der Waals surface area contributed by atoms with E-state index in [1.807, 2.05) is 0 Å². The van der Waals surface area contributed by atoms with Crippen LogP contribution in [0.25, 0.3) is 0 Å². The number of nitrogens with zero attached hydrogens (tertiary/aromatic N) is 1. The lowest BCUT2D eigenvalue weighted by atomic mass is 9.75. The molecule has 0 heterocycles. The van der Waals surface area contributed by atoms with Crippen molar-refractivity contribution in [3.63, 3.8) is 0 Å². The van der Waals surface area contributed by atoms with Gasteiger partial charge in [-0.2, -0.15) is 0 Å². The summed E-state index contributed by atoms with van der Waals surface area (Å²) in [4.78, 5) is 14.3. The molecule has 0 aromatic rings. The molecule has 0 bridgehead atoms. The average molecular weight is 267 g/mol. The largest absolute Gasteiger partial charge is 0.354 e. The molecule has 3 N–H and O–H groups in total. The molecule has 2 fully saturated rings. The van der Waals surface area contributed by atoms with Crippen molar-refractivity contribution < 1.29 is 4.79 Å². The maximum atomic E-state index is 12.1. The summed E-state index contributed by atoms with van der Waals surface area (Å²) in [6, 6.07) is 0.311. The minimum absolute atomic E-state index is 0.215. The molecule has 2 saturated carbocycles. The van der Waals surface area contributed by atoms with Crippen LogP contribution in [0.4, 0.5) is 0 Å². The Morgan fingerprint density at radius 3 is 2.58 bits per heavy atom. The highest BCUT2D eigenvalue weighted by atomic mass is 16.1. The zero-order valence-electron chi connectivity index (χ0n) is 12.5. The number of rotatable bonds is 5. The number of carbonyl (C=O) groups is 1. The van der Waals surface area contributed by atoms with Crippen LogP contribution in [0.5, 0.6) is 0 Å². The number of hydrogen-bond acceptors (Lipinski definition) is 3. The van der Waals surface area contributed by atoms with Gasteiger partial charge < -0.3 is 16.0 Å². The lowest BCUT2D eigenvalue weighted by molar-refractivity contribution is -0.123. The van der Waals surface area contributed by atoms with Gasteiger partial charge in [0.05, 0.1) is 0 Å². The van der Waals surface area contributed by atoms with Gasteiger partial charge in [0.25, 0.3) is 0 Å². The standard InChI is InChI=1S/C15H29N3O/c1-18(2)15(7-4-8-15)11-17-14(19)10-12-5-3-6-13(16)9-12/h12-13H,3-11,16H2,1-2H3,(H,17,19). The zero-order chi connectivity index (χ0) is 13.9. The van der Waals surface area contributed by atoms with Crippen LogP contribution in [0.2, 0.25) is 0 Å². The summed E-state index contributed by atoms with van der Waals surface area (Å²) in [5.74, 6) is 0.715. The van der Waals surface area contributed by atoms with Crippen molar-refractivity contribution >= 4 is 5.91 Å². The molecule has 0 spiro atoms. The molecule has 2 atom stereocenters. The Labute approximate surface area is 117 Å². The molecule has 0 saturated heterocycles. The summed E-state index contributed by atoms with van der Waals surface area (Å²) < 4.78 is 0. The van der Waals surface area contributed by atoms with E-state index in [9.17, 15) is 4.79 Å². The number of likely N-dealkylation sites (N-methyl/N-ethyl adjacent to an activating group) is 1. The van der Waals surface area contributed by atoms with Crippen LogP contribution in [-0.2, 0) is 4.79 Å². The number of nitrogens with two attached hydrogens (primary N) is 1. The highest BCUT2D eigenvalue weighted by Crippen LogP contribution is 2.35. The second-order valence-electron chi connectivity index (χ2n) is 6.75. The third-order valence-corrected chi connectivity index (χ3v) is 5.15. The van der Waals surface area contributed by atoms with Gasteiger partial charge in [-0.1, -0.05) is 6.42 Å². The predicted molar refractivity (Wildman–Crippen MR) is 77.8 cm³/mol. The smallest absolute Gasteiger partial charge is 0.220 e. The minimum Gasteiger partial charge on any atom is -0.354 e. The van der Waals surface area contributed by atoms with Crippen molar-refractivity contribution in [3.05, 3.63) is 0 Å². The molecule has 0 radical (unpaired) electrons. The predicted octanol–water partition coefficient (Wildman–Crippen LogP) is 1.49. The molecule has 19 heavy (non-hydrogen) atoms. The molecule has 4 heteroatoms. The third-order valence-electron chi connectivity index (χ3n) is 5.15. The van der Waals surface area contributed by atoms with E-state index < -0.39 is 0 Å². The molecule has 2 aliphatic carbocycles. The Morgan fingerprint density at radius 1 is 1.32 bits per heavy atom. The van der Waals surface area contributed by atoms with E-state index in [-0.39, 0.29) is 11.4 Å². The summed E-state index contributed by atoms with van der Waals surface area (Å²) in [5.41, 5.74) is 6.20. The maximum Gasteiger partial charge on any atom is 0.220 e.